The molecule has 2 atom stereocenters. The van der Waals surface area contributed by atoms with Gasteiger partial charge in [-0.05, 0) is 17.7 Å². The molecule has 0 saturated carbocycles. The van der Waals surface area contributed by atoms with Crippen LogP contribution in [0.5, 0.6) is 0 Å². The lowest BCUT2D eigenvalue weighted by Gasteiger charge is -2.15. The molecule has 1 heterocycles. The van der Waals surface area contributed by atoms with E-state index >= 15 is 0 Å². The van der Waals surface area contributed by atoms with Gasteiger partial charge in [-0.1, -0.05) is 23.7 Å². The number of benzene rings is 1. The third kappa shape index (κ3) is 1.91. The molecular formula is C11H13ClFN. The highest BCUT2D eigenvalue weighted by atomic mass is 35.5. The first-order valence-corrected chi connectivity index (χ1v) is 5.21. The molecule has 0 aliphatic carbocycles. The lowest BCUT2D eigenvalue weighted by molar-refractivity contribution is 0.358. The summed E-state index contributed by atoms with van der Waals surface area (Å²) in [4.78, 5) is 0. The largest absolute Gasteiger partial charge is 0.316 e. The Labute approximate surface area is 88.3 Å². The van der Waals surface area contributed by atoms with Gasteiger partial charge in [-0.3, -0.25) is 4.39 Å². The molecule has 3 heteroatoms. The molecule has 0 radical (unpaired) electrons. The van der Waals surface area contributed by atoms with Crippen LogP contribution in [0.2, 0.25) is 5.02 Å². The van der Waals surface area contributed by atoms with Gasteiger partial charge in [0.25, 0.3) is 0 Å². The zero-order chi connectivity index (χ0) is 9.97. The van der Waals surface area contributed by atoms with E-state index in [0.717, 1.165) is 23.7 Å². The molecule has 1 N–H and O–H groups in total. The van der Waals surface area contributed by atoms with Crippen LogP contribution in [-0.4, -0.2) is 19.8 Å². The van der Waals surface area contributed by atoms with Crippen LogP contribution in [0.4, 0.5) is 4.39 Å². The van der Waals surface area contributed by atoms with Crippen molar-refractivity contribution in [2.45, 2.75) is 5.92 Å². The number of alkyl halides is 1. The zero-order valence-corrected chi connectivity index (χ0v) is 8.60. The van der Waals surface area contributed by atoms with Crippen molar-refractivity contribution in [3.05, 3.63) is 34.9 Å². The van der Waals surface area contributed by atoms with Gasteiger partial charge in [-0.15, -0.1) is 0 Å². The molecule has 1 aromatic carbocycles. The van der Waals surface area contributed by atoms with Crippen molar-refractivity contribution in [3.8, 4) is 0 Å². The Bertz CT molecular complexity index is 316. The molecule has 76 valence electrons. The second-order valence-corrected chi connectivity index (χ2v) is 4.17. The zero-order valence-electron chi connectivity index (χ0n) is 7.84. The molecule has 0 aromatic heterocycles. The van der Waals surface area contributed by atoms with Crippen molar-refractivity contribution < 1.29 is 4.39 Å². The van der Waals surface area contributed by atoms with Crippen molar-refractivity contribution >= 4 is 11.6 Å². The van der Waals surface area contributed by atoms with Crippen LogP contribution in [0, 0.1) is 5.92 Å². The van der Waals surface area contributed by atoms with Crippen LogP contribution in [0.15, 0.2) is 24.3 Å². The molecule has 1 aromatic rings. The minimum absolute atomic E-state index is 0.105. The lowest BCUT2D eigenvalue weighted by Crippen LogP contribution is -2.12. The maximum Gasteiger partial charge on any atom is 0.0941 e. The average molecular weight is 214 g/mol. The second-order valence-electron chi connectivity index (χ2n) is 3.73. The first kappa shape index (κ1) is 9.94. The van der Waals surface area contributed by atoms with Gasteiger partial charge >= 0.3 is 0 Å². The summed E-state index contributed by atoms with van der Waals surface area (Å²) in [5.41, 5.74) is 1.14. The summed E-state index contributed by atoms with van der Waals surface area (Å²) in [5, 5.41) is 3.94. The molecule has 1 aliphatic heterocycles. The van der Waals surface area contributed by atoms with Crippen LogP contribution in [0.3, 0.4) is 0 Å². The number of hydrogen-bond donors (Lipinski definition) is 1. The monoisotopic (exact) mass is 213 g/mol. The highest BCUT2D eigenvalue weighted by molar-refractivity contribution is 6.30. The van der Waals surface area contributed by atoms with Crippen molar-refractivity contribution in [2.24, 2.45) is 5.92 Å². The predicted octanol–water partition coefficient (Wildman–Crippen LogP) is 2.61. The Morgan fingerprint density at radius 2 is 2.29 bits per heavy atom. The highest BCUT2D eigenvalue weighted by Gasteiger charge is 2.28. The quantitative estimate of drug-likeness (QED) is 0.797. The van der Waals surface area contributed by atoms with E-state index in [1.807, 2.05) is 24.3 Å². The molecule has 1 nitrogen and oxygen atoms in total. The van der Waals surface area contributed by atoms with E-state index in [-0.39, 0.29) is 18.5 Å². The molecule has 0 spiro atoms. The summed E-state index contributed by atoms with van der Waals surface area (Å²) >= 11 is 5.90. The van der Waals surface area contributed by atoms with Gasteiger partial charge in [0.1, 0.15) is 0 Å². The normalized spacial score (nSPS) is 26.7. The molecule has 0 unspecified atom stereocenters. The molecule has 1 saturated heterocycles. The van der Waals surface area contributed by atoms with Crippen LogP contribution in [0.1, 0.15) is 11.5 Å². The number of rotatable bonds is 2. The smallest absolute Gasteiger partial charge is 0.0941 e. The Kier molecular flexibility index (Phi) is 3.04. The minimum Gasteiger partial charge on any atom is -0.316 e. The van der Waals surface area contributed by atoms with Gasteiger partial charge in [0.15, 0.2) is 0 Å². The van der Waals surface area contributed by atoms with Gasteiger partial charge < -0.3 is 5.32 Å². The van der Waals surface area contributed by atoms with Crippen molar-refractivity contribution in [3.63, 3.8) is 0 Å². The van der Waals surface area contributed by atoms with Gasteiger partial charge in [-0.25, -0.2) is 0 Å². The van der Waals surface area contributed by atoms with E-state index in [2.05, 4.69) is 5.32 Å². The number of halogens is 2. The maximum atomic E-state index is 12.7. The molecule has 0 bridgehead atoms. The van der Waals surface area contributed by atoms with Crippen LogP contribution in [0.25, 0.3) is 0 Å². The van der Waals surface area contributed by atoms with Gasteiger partial charge in [0.2, 0.25) is 0 Å². The predicted molar refractivity (Wildman–Crippen MR) is 56.5 cm³/mol. The molecular weight excluding hydrogens is 201 g/mol. The fraction of sp³-hybridized carbons (Fsp3) is 0.455. The van der Waals surface area contributed by atoms with Gasteiger partial charge in [0, 0.05) is 29.9 Å². The van der Waals surface area contributed by atoms with E-state index in [0.29, 0.717) is 0 Å². The summed E-state index contributed by atoms with van der Waals surface area (Å²) in [6.45, 7) is 1.37. The van der Waals surface area contributed by atoms with E-state index in [1.54, 1.807) is 0 Å². The molecule has 1 fully saturated rings. The fourth-order valence-corrected chi connectivity index (χ4v) is 2.22. The summed E-state index contributed by atoms with van der Waals surface area (Å²) in [5.74, 6) is 0.382. The summed E-state index contributed by atoms with van der Waals surface area (Å²) in [6.07, 6.45) is 0. The average Bonchev–Trinajstić information content (AvgIpc) is 2.65. The van der Waals surface area contributed by atoms with Crippen molar-refractivity contribution in [1.29, 1.82) is 0 Å². The van der Waals surface area contributed by atoms with E-state index in [1.165, 1.54) is 0 Å². The van der Waals surface area contributed by atoms with Crippen molar-refractivity contribution in [1.82, 2.24) is 5.32 Å². The molecule has 0 amide bonds. The van der Waals surface area contributed by atoms with E-state index in [9.17, 15) is 4.39 Å². The standard InChI is InChI=1S/C11H13ClFN/c12-10-3-1-2-8(4-10)11-7-14-6-9(11)5-13/h1-4,9,11,14H,5-7H2/t9-,11-/m0/s1. The van der Waals surface area contributed by atoms with Crippen molar-refractivity contribution in [2.75, 3.05) is 19.8 Å². The minimum atomic E-state index is -0.260. The lowest BCUT2D eigenvalue weighted by atomic mass is 9.90. The number of hydrogen-bond acceptors (Lipinski definition) is 1. The second kappa shape index (κ2) is 4.28. The number of nitrogens with one attached hydrogen (secondary N) is 1. The summed E-state index contributed by atoms with van der Waals surface area (Å²) < 4.78 is 12.7. The Morgan fingerprint density at radius 3 is 3.00 bits per heavy atom. The summed E-state index contributed by atoms with van der Waals surface area (Å²) in [7, 11) is 0. The first-order chi connectivity index (χ1) is 6.81. The van der Waals surface area contributed by atoms with Crippen LogP contribution < -0.4 is 5.32 Å². The Morgan fingerprint density at radius 1 is 1.43 bits per heavy atom. The molecule has 14 heavy (non-hydrogen) atoms. The van der Waals surface area contributed by atoms with Crippen LogP contribution in [-0.2, 0) is 0 Å². The highest BCUT2D eigenvalue weighted by Crippen LogP contribution is 2.29. The molecule has 1 aliphatic rings. The topological polar surface area (TPSA) is 12.0 Å². The molecule has 2 rings (SSSR count). The maximum absolute atomic E-state index is 12.7. The SMILES string of the molecule is FC[C@H]1CNC[C@H]1c1cccc(Cl)c1. The van der Waals surface area contributed by atoms with E-state index in [4.69, 9.17) is 11.6 Å². The Balaban J connectivity index is 2.21. The third-order valence-corrected chi connectivity index (χ3v) is 3.05. The first-order valence-electron chi connectivity index (χ1n) is 4.83. The van der Waals surface area contributed by atoms with Crippen LogP contribution >= 0.6 is 11.6 Å². The third-order valence-electron chi connectivity index (χ3n) is 2.81. The van der Waals surface area contributed by atoms with E-state index < -0.39 is 0 Å². The Hall–Kier alpha value is -0.600. The van der Waals surface area contributed by atoms with Gasteiger partial charge in [0.05, 0.1) is 6.67 Å². The summed E-state index contributed by atoms with van der Waals surface area (Å²) in [6, 6.07) is 7.72. The van der Waals surface area contributed by atoms with Gasteiger partial charge in [-0.2, -0.15) is 0 Å². The fourth-order valence-electron chi connectivity index (χ4n) is 2.02.